The quantitative estimate of drug-likeness (QED) is 0.800. The van der Waals surface area contributed by atoms with Gasteiger partial charge >= 0.3 is 0 Å². The Hall–Kier alpha value is -0.830. The summed E-state index contributed by atoms with van der Waals surface area (Å²) in [5.41, 5.74) is 0. The second-order valence-corrected chi connectivity index (χ2v) is 3.96. The molecule has 1 unspecified atom stereocenters. The number of aryl methyl sites for hydroxylation is 1. The summed E-state index contributed by atoms with van der Waals surface area (Å²) in [6, 6.07) is 0. The first-order valence-corrected chi connectivity index (χ1v) is 5.55. The molecule has 0 saturated carbocycles. The van der Waals surface area contributed by atoms with Gasteiger partial charge in [-0.2, -0.15) is 0 Å². The fraction of sp³-hybridized carbons (Fsp3) is 0.727. The zero-order chi connectivity index (χ0) is 9.80. The van der Waals surface area contributed by atoms with Gasteiger partial charge in [0.25, 0.3) is 0 Å². The van der Waals surface area contributed by atoms with E-state index in [9.17, 15) is 0 Å². The van der Waals surface area contributed by atoms with Crippen LogP contribution >= 0.6 is 0 Å². The van der Waals surface area contributed by atoms with Gasteiger partial charge in [-0.1, -0.05) is 6.92 Å². The van der Waals surface area contributed by atoms with Crippen molar-refractivity contribution in [1.82, 2.24) is 10.3 Å². The first-order chi connectivity index (χ1) is 6.90. The molecule has 0 aromatic carbocycles. The molecular weight excluding hydrogens is 176 g/mol. The van der Waals surface area contributed by atoms with Gasteiger partial charge < -0.3 is 9.73 Å². The maximum Gasteiger partial charge on any atom is 0.198 e. The van der Waals surface area contributed by atoms with Gasteiger partial charge in [-0.05, 0) is 25.8 Å². The van der Waals surface area contributed by atoms with Crippen molar-refractivity contribution in [3.05, 3.63) is 17.8 Å². The fourth-order valence-corrected chi connectivity index (χ4v) is 1.94. The Labute approximate surface area is 84.9 Å². The van der Waals surface area contributed by atoms with E-state index in [0.717, 1.165) is 37.6 Å². The molecule has 1 fully saturated rings. The van der Waals surface area contributed by atoms with Crippen molar-refractivity contribution in [2.24, 2.45) is 0 Å². The number of piperidine rings is 1. The molecule has 78 valence electrons. The Bertz CT molecular complexity index is 277. The number of aromatic nitrogens is 1. The summed E-state index contributed by atoms with van der Waals surface area (Å²) in [7, 11) is 0. The van der Waals surface area contributed by atoms with Gasteiger partial charge in [-0.3, -0.25) is 0 Å². The van der Waals surface area contributed by atoms with Crippen molar-refractivity contribution in [3.8, 4) is 0 Å². The van der Waals surface area contributed by atoms with Crippen molar-refractivity contribution in [1.29, 1.82) is 0 Å². The summed E-state index contributed by atoms with van der Waals surface area (Å²) < 4.78 is 5.71. The molecule has 1 N–H and O–H groups in total. The lowest BCUT2D eigenvalue weighted by atomic mass is 10.00. The van der Waals surface area contributed by atoms with Crippen molar-refractivity contribution < 1.29 is 4.42 Å². The molecule has 2 heterocycles. The molecule has 0 aliphatic carbocycles. The van der Waals surface area contributed by atoms with Crippen LogP contribution < -0.4 is 5.32 Å². The minimum atomic E-state index is 0.495. The van der Waals surface area contributed by atoms with Crippen LogP contribution in [0.25, 0.3) is 0 Å². The van der Waals surface area contributed by atoms with Crippen molar-refractivity contribution in [2.45, 2.75) is 38.5 Å². The summed E-state index contributed by atoms with van der Waals surface area (Å²) in [5.74, 6) is 2.46. The van der Waals surface area contributed by atoms with E-state index in [1.54, 1.807) is 0 Å². The van der Waals surface area contributed by atoms with E-state index in [1.165, 1.54) is 12.8 Å². The SMILES string of the molecule is CCCc1cnc(C2CCCNC2)o1. The van der Waals surface area contributed by atoms with Gasteiger partial charge in [0.2, 0.25) is 0 Å². The summed E-state index contributed by atoms with van der Waals surface area (Å²) in [5, 5.41) is 3.37. The Morgan fingerprint density at radius 3 is 3.29 bits per heavy atom. The van der Waals surface area contributed by atoms with Crippen LogP contribution in [0.4, 0.5) is 0 Å². The molecule has 0 spiro atoms. The second kappa shape index (κ2) is 4.60. The highest BCUT2D eigenvalue weighted by Crippen LogP contribution is 2.22. The van der Waals surface area contributed by atoms with Crippen molar-refractivity contribution in [2.75, 3.05) is 13.1 Å². The third kappa shape index (κ3) is 2.15. The summed E-state index contributed by atoms with van der Waals surface area (Å²) in [6.45, 7) is 4.31. The molecule has 1 aliphatic rings. The Morgan fingerprint density at radius 2 is 2.57 bits per heavy atom. The van der Waals surface area contributed by atoms with Gasteiger partial charge in [-0.25, -0.2) is 4.98 Å². The Balaban J connectivity index is 2.00. The second-order valence-electron chi connectivity index (χ2n) is 3.96. The minimum Gasteiger partial charge on any atom is -0.445 e. The third-order valence-electron chi connectivity index (χ3n) is 2.71. The van der Waals surface area contributed by atoms with E-state index in [4.69, 9.17) is 4.42 Å². The van der Waals surface area contributed by atoms with Crippen LogP contribution in [0.3, 0.4) is 0 Å². The van der Waals surface area contributed by atoms with E-state index in [2.05, 4.69) is 17.2 Å². The van der Waals surface area contributed by atoms with E-state index in [0.29, 0.717) is 5.92 Å². The van der Waals surface area contributed by atoms with Crippen LogP contribution in [0.2, 0.25) is 0 Å². The standard InChI is InChI=1S/C11H18N2O/c1-2-4-10-8-13-11(14-10)9-5-3-6-12-7-9/h8-9,12H,2-7H2,1H3. The number of hydrogen-bond donors (Lipinski definition) is 1. The lowest BCUT2D eigenvalue weighted by molar-refractivity contribution is 0.363. The molecule has 1 aromatic rings. The van der Waals surface area contributed by atoms with Crippen LogP contribution in [-0.2, 0) is 6.42 Å². The summed E-state index contributed by atoms with van der Waals surface area (Å²) in [4.78, 5) is 4.35. The van der Waals surface area contributed by atoms with Gasteiger partial charge in [0, 0.05) is 18.9 Å². The molecule has 2 rings (SSSR count). The molecule has 1 atom stereocenters. The number of hydrogen-bond acceptors (Lipinski definition) is 3. The van der Waals surface area contributed by atoms with Crippen LogP contribution in [0.15, 0.2) is 10.6 Å². The third-order valence-corrected chi connectivity index (χ3v) is 2.71. The van der Waals surface area contributed by atoms with E-state index in [-0.39, 0.29) is 0 Å². The molecule has 3 heteroatoms. The molecule has 1 aliphatic heterocycles. The van der Waals surface area contributed by atoms with Gasteiger partial charge in [-0.15, -0.1) is 0 Å². The lowest BCUT2D eigenvalue weighted by Gasteiger charge is -2.19. The van der Waals surface area contributed by atoms with Crippen LogP contribution in [0, 0.1) is 0 Å². The van der Waals surface area contributed by atoms with E-state index in [1.807, 2.05) is 6.20 Å². The van der Waals surface area contributed by atoms with Gasteiger partial charge in [0.1, 0.15) is 5.76 Å². The zero-order valence-corrected chi connectivity index (χ0v) is 8.75. The Morgan fingerprint density at radius 1 is 1.64 bits per heavy atom. The van der Waals surface area contributed by atoms with Crippen molar-refractivity contribution >= 4 is 0 Å². The number of rotatable bonds is 3. The first-order valence-electron chi connectivity index (χ1n) is 5.55. The smallest absolute Gasteiger partial charge is 0.198 e. The zero-order valence-electron chi connectivity index (χ0n) is 8.75. The maximum atomic E-state index is 5.71. The number of nitrogens with zero attached hydrogens (tertiary/aromatic N) is 1. The van der Waals surface area contributed by atoms with Crippen LogP contribution in [0.5, 0.6) is 0 Å². The molecule has 0 bridgehead atoms. The molecule has 1 saturated heterocycles. The average molecular weight is 194 g/mol. The topological polar surface area (TPSA) is 38.1 Å². The first kappa shape index (κ1) is 9.71. The molecule has 3 nitrogen and oxygen atoms in total. The Kier molecular flexibility index (Phi) is 3.19. The minimum absolute atomic E-state index is 0.495. The molecule has 0 radical (unpaired) electrons. The predicted octanol–water partition coefficient (Wildman–Crippen LogP) is 2.09. The highest BCUT2D eigenvalue weighted by atomic mass is 16.4. The molecule has 14 heavy (non-hydrogen) atoms. The van der Waals surface area contributed by atoms with Crippen molar-refractivity contribution in [3.63, 3.8) is 0 Å². The average Bonchev–Trinajstić information content (AvgIpc) is 2.68. The monoisotopic (exact) mass is 194 g/mol. The molecule has 1 aromatic heterocycles. The summed E-state index contributed by atoms with van der Waals surface area (Å²) >= 11 is 0. The van der Waals surface area contributed by atoms with E-state index < -0.39 is 0 Å². The van der Waals surface area contributed by atoms with Gasteiger partial charge in [0.05, 0.1) is 6.20 Å². The molecular formula is C11H18N2O. The molecule has 0 amide bonds. The number of nitrogens with one attached hydrogen (secondary N) is 1. The van der Waals surface area contributed by atoms with Crippen LogP contribution in [-0.4, -0.2) is 18.1 Å². The normalized spacial score (nSPS) is 22.5. The largest absolute Gasteiger partial charge is 0.445 e. The predicted molar refractivity (Wildman–Crippen MR) is 55.3 cm³/mol. The fourth-order valence-electron chi connectivity index (χ4n) is 1.94. The maximum absolute atomic E-state index is 5.71. The number of oxazole rings is 1. The van der Waals surface area contributed by atoms with Gasteiger partial charge in [0.15, 0.2) is 5.89 Å². The van der Waals surface area contributed by atoms with Crippen LogP contribution in [0.1, 0.15) is 43.8 Å². The highest BCUT2D eigenvalue weighted by Gasteiger charge is 2.19. The summed E-state index contributed by atoms with van der Waals surface area (Å²) in [6.07, 6.45) is 6.45. The lowest BCUT2D eigenvalue weighted by Crippen LogP contribution is -2.28. The van der Waals surface area contributed by atoms with E-state index >= 15 is 0 Å². The highest BCUT2D eigenvalue weighted by molar-refractivity contribution is 5.00.